The molecular weight excluding hydrogens is 502 g/mol. The van der Waals surface area contributed by atoms with Gasteiger partial charge in [0.15, 0.2) is 0 Å². The summed E-state index contributed by atoms with van der Waals surface area (Å²) in [6.07, 6.45) is -12.8. The normalized spacial score (nSPS) is 23.4. The highest BCUT2D eigenvalue weighted by Crippen LogP contribution is 2.64. The second-order valence-electron chi connectivity index (χ2n) is 9.41. The number of carbonyl (C=O) groups excluding carboxylic acids is 1. The third kappa shape index (κ3) is 3.81. The van der Waals surface area contributed by atoms with E-state index in [0.29, 0.717) is 11.1 Å². The Morgan fingerprint density at radius 1 is 0.886 bits per heavy atom. The van der Waals surface area contributed by atoms with Gasteiger partial charge in [-0.2, -0.15) is 26.3 Å². The van der Waals surface area contributed by atoms with Crippen molar-refractivity contribution in [3.8, 4) is 0 Å². The Labute approximate surface area is 196 Å². The van der Waals surface area contributed by atoms with Crippen LogP contribution in [0, 0.1) is 11.3 Å². The first-order chi connectivity index (χ1) is 15.9. The number of alkyl halides is 6. The third-order valence-corrected chi connectivity index (χ3v) is 7.75. The lowest BCUT2D eigenvalue weighted by Crippen LogP contribution is -2.64. The summed E-state index contributed by atoms with van der Waals surface area (Å²) in [6, 6.07) is 13.6. The van der Waals surface area contributed by atoms with Crippen LogP contribution < -0.4 is 0 Å². The van der Waals surface area contributed by atoms with E-state index in [1.807, 2.05) is 0 Å². The standard InChI is InChI=1S/C23H20F6O5S/c1-20(2)17-14-9-5-3-7-12(14)16(13-8-4-6-10-15(13)17)18(20)19(30)34-21(22(24,25)26,23(27,28)29)11-35(31,32)33/h3-10,16-18H,11H2,1-2H3,(H,31,32,33)/p-1. The van der Waals surface area contributed by atoms with Crippen molar-refractivity contribution in [3.05, 3.63) is 70.8 Å². The molecule has 2 bridgehead atoms. The summed E-state index contributed by atoms with van der Waals surface area (Å²) in [4.78, 5) is 13.3. The molecule has 190 valence electrons. The van der Waals surface area contributed by atoms with Crippen molar-refractivity contribution in [2.24, 2.45) is 11.3 Å². The van der Waals surface area contributed by atoms with Crippen LogP contribution >= 0.6 is 0 Å². The van der Waals surface area contributed by atoms with Crippen molar-refractivity contribution in [2.75, 3.05) is 5.75 Å². The molecule has 35 heavy (non-hydrogen) atoms. The number of carbonyl (C=O) groups is 1. The molecule has 1 atom stereocenters. The van der Waals surface area contributed by atoms with E-state index in [2.05, 4.69) is 4.74 Å². The first-order valence-corrected chi connectivity index (χ1v) is 12.0. The van der Waals surface area contributed by atoms with Crippen LogP contribution in [0.3, 0.4) is 0 Å². The van der Waals surface area contributed by atoms with Gasteiger partial charge in [0.1, 0.15) is 0 Å². The lowest BCUT2D eigenvalue weighted by Gasteiger charge is -2.55. The summed E-state index contributed by atoms with van der Waals surface area (Å²) in [5.41, 5.74) is -4.06. The van der Waals surface area contributed by atoms with E-state index in [1.54, 1.807) is 48.5 Å². The highest BCUT2D eigenvalue weighted by atomic mass is 32.2. The zero-order chi connectivity index (χ0) is 26.2. The number of hydrogen-bond acceptors (Lipinski definition) is 5. The molecule has 0 radical (unpaired) electrons. The molecule has 0 N–H and O–H groups in total. The van der Waals surface area contributed by atoms with Gasteiger partial charge in [-0.15, -0.1) is 0 Å². The minimum atomic E-state index is -6.42. The predicted octanol–water partition coefficient (Wildman–Crippen LogP) is 4.87. The number of ether oxygens (including phenoxy) is 1. The molecule has 5 rings (SSSR count). The van der Waals surface area contributed by atoms with Gasteiger partial charge in [-0.3, -0.25) is 4.79 Å². The average molecular weight is 521 g/mol. The molecular formula is C23H19F6O5S-. The number of benzene rings is 2. The second kappa shape index (κ2) is 7.70. The van der Waals surface area contributed by atoms with Gasteiger partial charge < -0.3 is 9.29 Å². The summed E-state index contributed by atoms with van der Waals surface area (Å²) >= 11 is 0. The Kier molecular flexibility index (Phi) is 5.61. The van der Waals surface area contributed by atoms with E-state index in [0.717, 1.165) is 11.1 Å². The molecule has 2 aromatic carbocycles. The van der Waals surface area contributed by atoms with E-state index >= 15 is 0 Å². The minimum absolute atomic E-state index is 0.554. The minimum Gasteiger partial charge on any atom is -0.748 e. The van der Waals surface area contributed by atoms with E-state index in [-0.39, 0.29) is 0 Å². The summed E-state index contributed by atoms with van der Waals surface area (Å²) < 4.78 is 120. The highest BCUT2D eigenvalue weighted by molar-refractivity contribution is 7.85. The fraction of sp³-hybridized carbons (Fsp3) is 0.435. The first-order valence-electron chi connectivity index (χ1n) is 10.4. The third-order valence-electron chi connectivity index (χ3n) is 6.99. The van der Waals surface area contributed by atoms with Crippen LogP contribution in [0.4, 0.5) is 26.3 Å². The molecule has 2 aromatic rings. The average Bonchev–Trinajstić information content (AvgIpc) is 2.69. The monoisotopic (exact) mass is 521 g/mol. The first kappa shape index (κ1) is 25.5. The Bertz CT molecular complexity index is 1220. The molecule has 0 fully saturated rings. The fourth-order valence-electron chi connectivity index (χ4n) is 5.61. The van der Waals surface area contributed by atoms with E-state index in [9.17, 15) is 44.1 Å². The van der Waals surface area contributed by atoms with Crippen molar-refractivity contribution in [2.45, 2.75) is 43.6 Å². The number of esters is 1. The SMILES string of the molecule is CC1(C)C2c3ccccc3C(c3ccccc32)C1C(=O)OC(CS(=O)(=O)[O-])(C(F)(F)F)C(F)(F)F. The molecule has 1 unspecified atom stereocenters. The zero-order valence-electron chi connectivity index (χ0n) is 18.3. The fourth-order valence-corrected chi connectivity index (χ4v) is 6.50. The molecule has 0 saturated carbocycles. The van der Waals surface area contributed by atoms with E-state index < -0.39 is 63.0 Å². The summed E-state index contributed by atoms with van der Waals surface area (Å²) in [5.74, 6) is -7.94. The maximum absolute atomic E-state index is 13.8. The quantitative estimate of drug-likeness (QED) is 0.326. The number of halogens is 6. The lowest BCUT2D eigenvalue weighted by molar-refractivity contribution is -0.363. The van der Waals surface area contributed by atoms with E-state index in [1.165, 1.54) is 13.8 Å². The second-order valence-corrected chi connectivity index (χ2v) is 10.8. The van der Waals surface area contributed by atoms with Gasteiger partial charge in [0.25, 0.3) is 0 Å². The van der Waals surface area contributed by atoms with Crippen LogP contribution in [-0.2, 0) is 19.6 Å². The van der Waals surface area contributed by atoms with Gasteiger partial charge in [-0.05, 0) is 27.7 Å². The predicted molar refractivity (Wildman–Crippen MR) is 109 cm³/mol. The zero-order valence-corrected chi connectivity index (χ0v) is 19.1. The van der Waals surface area contributed by atoms with Crippen LogP contribution in [-0.4, -0.2) is 42.6 Å². The van der Waals surface area contributed by atoms with Crippen molar-refractivity contribution in [1.82, 2.24) is 0 Å². The van der Waals surface area contributed by atoms with Crippen LogP contribution in [0.15, 0.2) is 48.5 Å². The van der Waals surface area contributed by atoms with Crippen LogP contribution in [0.2, 0.25) is 0 Å². The van der Waals surface area contributed by atoms with Gasteiger partial charge in [0.2, 0.25) is 0 Å². The molecule has 0 amide bonds. The Balaban J connectivity index is 1.89. The van der Waals surface area contributed by atoms with Crippen molar-refractivity contribution in [3.63, 3.8) is 0 Å². The van der Waals surface area contributed by atoms with Crippen LogP contribution in [0.1, 0.15) is 47.9 Å². The summed E-state index contributed by atoms with van der Waals surface area (Å²) in [7, 11) is -6.13. The molecule has 0 aliphatic heterocycles. The van der Waals surface area contributed by atoms with Gasteiger partial charge in [-0.1, -0.05) is 62.4 Å². The number of hydrogen-bond donors (Lipinski definition) is 0. The van der Waals surface area contributed by atoms with Crippen molar-refractivity contribution < 1.29 is 48.8 Å². The number of rotatable bonds is 4. The maximum atomic E-state index is 13.8. The largest absolute Gasteiger partial charge is 0.748 e. The van der Waals surface area contributed by atoms with Gasteiger partial charge in [0.05, 0.1) is 21.8 Å². The summed E-state index contributed by atoms with van der Waals surface area (Å²) in [6.45, 7) is 3.07. The van der Waals surface area contributed by atoms with Crippen LogP contribution in [0.5, 0.6) is 0 Å². The lowest BCUT2D eigenvalue weighted by atomic mass is 9.48. The Hall–Kier alpha value is -2.60. The van der Waals surface area contributed by atoms with Gasteiger partial charge >= 0.3 is 23.9 Å². The molecule has 3 aliphatic carbocycles. The molecule has 3 aliphatic rings. The van der Waals surface area contributed by atoms with Crippen LogP contribution in [0.25, 0.3) is 0 Å². The smallest absolute Gasteiger partial charge is 0.438 e. The summed E-state index contributed by atoms with van der Waals surface area (Å²) in [5, 5.41) is 0. The molecule has 0 saturated heterocycles. The molecule has 0 heterocycles. The molecule has 12 heteroatoms. The molecule has 0 spiro atoms. The van der Waals surface area contributed by atoms with Gasteiger partial charge in [-0.25, -0.2) is 8.42 Å². The maximum Gasteiger partial charge on any atom is 0.438 e. The van der Waals surface area contributed by atoms with Crippen molar-refractivity contribution >= 4 is 16.1 Å². The Morgan fingerprint density at radius 2 is 1.29 bits per heavy atom. The Morgan fingerprint density at radius 3 is 1.66 bits per heavy atom. The highest BCUT2D eigenvalue weighted by Gasteiger charge is 2.76. The van der Waals surface area contributed by atoms with Gasteiger partial charge in [0, 0.05) is 11.8 Å². The molecule has 0 aromatic heterocycles. The molecule has 5 nitrogen and oxygen atoms in total. The van der Waals surface area contributed by atoms with Crippen molar-refractivity contribution in [1.29, 1.82) is 0 Å². The van der Waals surface area contributed by atoms with E-state index in [4.69, 9.17) is 0 Å². The number of fused-ring (bicyclic) bond motifs is 1. The topological polar surface area (TPSA) is 83.5 Å².